The van der Waals surface area contributed by atoms with Crippen LogP contribution >= 0.6 is 0 Å². The van der Waals surface area contributed by atoms with Crippen molar-refractivity contribution in [3.8, 4) is 0 Å². The Kier molecular flexibility index (Phi) is 4.24. The number of hydrogen-bond donors (Lipinski definition) is 0. The summed E-state index contributed by atoms with van der Waals surface area (Å²) in [6, 6.07) is 8.45. The van der Waals surface area contributed by atoms with Crippen molar-refractivity contribution in [3.63, 3.8) is 0 Å². The Bertz CT molecular complexity index is 276. The van der Waals surface area contributed by atoms with Gasteiger partial charge in [-0.15, -0.1) is 0 Å². The molecule has 0 radical (unpaired) electrons. The zero-order chi connectivity index (χ0) is 9.52. The van der Waals surface area contributed by atoms with Crippen molar-refractivity contribution in [1.82, 2.24) is 0 Å². The Hall–Kier alpha value is -1.11. The molecule has 0 unspecified atom stereocenters. The molecule has 0 amide bonds. The van der Waals surface area contributed by atoms with E-state index in [0.29, 0.717) is 0 Å². The van der Waals surface area contributed by atoms with Gasteiger partial charge in [0.1, 0.15) is 0 Å². The predicted octanol–water partition coefficient (Wildman–Crippen LogP) is 3.75. The van der Waals surface area contributed by atoms with Crippen molar-refractivity contribution in [2.45, 2.75) is 33.1 Å². The Balaban J connectivity index is 2.73. The Morgan fingerprint density at radius 2 is 2.15 bits per heavy atom. The highest BCUT2D eigenvalue weighted by Crippen LogP contribution is 2.14. The number of aryl methyl sites for hydroxylation is 1. The molecule has 0 heterocycles. The van der Waals surface area contributed by atoms with Gasteiger partial charge in [0.15, 0.2) is 0 Å². The van der Waals surface area contributed by atoms with Crippen molar-refractivity contribution in [2.75, 3.05) is 0 Å². The second-order valence-corrected chi connectivity index (χ2v) is 3.14. The molecule has 1 aromatic rings. The van der Waals surface area contributed by atoms with Crippen LogP contribution in [0.25, 0.3) is 0 Å². The van der Waals surface area contributed by atoms with E-state index in [2.05, 4.69) is 37.0 Å². The molecule has 1 rings (SSSR count). The summed E-state index contributed by atoms with van der Waals surface area (Å²) in [4.78, 5) is 4.34. The number of rotatable bonds is 4. The van der Waals surface area contributed by atoms with Crippen LogP contribution in [-0.4, -0.2) is 6.21 Å². The third-order valence-corrected chi connectivity index (χ3v) is 1.87. The maximum absolute atomic E-state index is 4.34. The summed E-state index contributed by atoms with van der Waals surface area (Å²) < 4.78 is 0. The van der Waals surface area contributed by atoms with Crippen molar-refractivity contribution < 1.29 is 0 Å². The fraction of sp³-hybridized carbons (Fsp3) is 0.417. The lowest BCUT2D eigenvalue weighted by Gasteiger charge is -1.99. The van der Waals surface area contributed by atoms with Gasteiger partial charge < -0.3 is 0 Å². The molecule has 0 saturated carbocycles. The number of aliphatic imine (C=N–C) groups is 1. The number of benzene rings is 1. The highest BCUT2D eigenvalue weighted by Gasteiger charge is 1.91. The van der Waals surface area contributed by atoms with Crippen LogP contribution in [0.4, 0.5) is 5.69 Å². The van der Waals surface area contributed by atoms with Crippen LogP contribution in [0, 0.1) is 0 Å². The summed E-state index contributed by atoms with van der Waals surface area (Å²) in [6.45, 7) is 4.29. The molecular formula is C12H17N. The molecule has 0 aliphatic carbocycles. The summed E-state index contributed by atoms with van der Waals surface area (Å²) in [5.41, 5.74) is 2.46. The normalized spacial score (nSPS) is 10.9. The van der Waals surface area contributed by atoms with Gasteiger partial charge in [-0.25, -0.2) is 0 Å². The van der Waals surface area contributed by atoms with E-state index in [0.717, 1.165) is 18.5 Å². The van der Waals surface area contributed by atoms with E-state index < -0.39 is 0 Å². The van der Waals surface area contributed by atoms with Crippen LogP contribution in [-0.2, 0) is 6.42 Å². The third kappa shape index (κ3) is 3.41. The van der Waals surface area contributed by atoms with Crippen LogP contribution in [0.2, 0.25) is 0 Å². The van der Waals surface area contributed by atoms with Gasteiger partial charge in [-0.2, -0.15) is 0 Å². The van der Waals surface area contributed by atoms with Crippen molar-refractivity contribution in [1.29, 1.82) is 0 Å². The minimum atomic E-state index is 0.998. The van der Waals surface area contributed by atoms with E-state index in [1.807, 2.05) is 12.3 Å². The Morgan fingerprint density at radius 3 is 2.85 bits per heavy atom. The molecular weight excluding hydrogens is 158 g/mol. The molecule has 0 N–H and O–H groups in total. The summed E-state index contributed by atoms with van der Waals surface area (Å²) >= 11 is 0. The summed E-state index contributed by atoms with van der Waals surface area (Å²) in [5.74, 6) is 0. The van der Waals surface area contributed by atoms with Crippen molar-refractivity contribution in [2.24, 2.45) is 4.99 Å². The first-order valence-corrected chi connectivity index (χ1v) is 4.98. The van der Waals surface area contributed by atoms with Crippen LogP contribution in [0.15, 0.2) is 29.3 Å². The second-order valence-electron chi connectivity index (χ2n) is 3.14. The lowest BCUT2D eigenvalue weighted by Crippen LogP contribution is -1.81. The Morgan fingerprint density at radius 1 is 1.31 bits per heavy atom. The second kappa shape index (κ2) is 5.52. The molecule has 0 fully saturated rings. The highest BCUT2D eigenvalue weighted by molar-refractivity contribution is 5.62. The molecule has 0 bridgehead atoms. The third-order valence-electron chi connectivity index (χ3n) is 1.87. The molecule has 0 aliphatic rings. The van der Waals surface area contributed by atoms with Crippen molar-refractivity contribution >= 4 is 11.9 Å². The largest absolute Gasteiger partial charge is 0.261 e. The van der Waals surface area contributed by atoms with Gasteiger partial charge in [0.25, 0.3) is 0 Å². The van der Waals surface area contributed by atoms with E-state index >= 15 is 0 Å². The molecule has 13 heavy (non-hydrogen) atoms. The highest BCUT2D eigenvalue weighted by atomic mass is 14.7. The fourth-order valence-electron chi connectivity index (χ4n) is 1.28. The van der Waals surface area contributed by atoms with E-state index in [9.17, 15) is 0 Å². The monoisotopic (exact) mass is 175 g/mol. The summed E-state index contributed by atoms with van der Waals surface area (Å²) in [7, 11) is 0. The quantitative estimate of drug-likeness (QED) is 0.618. The molecule has 0 spiro atoms. The molecule has 0 saturated heterocycles. The number of hydrogen-bond acceptors (Lipinski definition) is 1. The topological polar surface area (TPSA) is 12.4 Å². The van der Waals surface area contributed by atoms with E-state index in [1.165, 1.54) is 12.0 Å². The van der Waals surface area contributed by atoms with Gasteiger partial charge in [0.2, 0.25) is 0 Å². The van der Waals surface area contributed by atoms with Gasteiger partial charge in [0, 0.05) is 6.21 Å². The first-order valence-electron chi connectivity index (χ1n) is 4.98. The number of nitrogens with zero attached hydrogens (tertiary/aromatic N) is 1. The lowest BCUT2D eigenvalue weighted by molar-refractivity contribution is 0.922. The van der Waals surface area contributed by atoms with Gasteiger partial charge >= 0.3 is 0 Å². The van der Waals surface area contributed by atoms with Crippen LogP contribution in [0.1, 0.15) is 32.3 Å². The van der Waals surface area contributed by atoms with Gasteiger partial charge in [0.05, 0.1) is 5.69 Å². The first-order chi connectivity index (χ1) is 6.36. The smallest absolute Gasteiger partial charge is 0.0628 e. The molecule has 0 aliphatic heterocycles. The SMILES string of the molecule is CCC=Nc1cccc(CCC)c1. The van der Waals surface area contributed by atoms with Crippen LogP contribution in [0.3, 0.4) is 0 Å². The standard InChI is InChI=1S/C12H17N/c1-3-6-11-7-5-8-12(10-11)13-9-4-2/h5,7-10H,3-4,6H2,1-2H3. The predicted molar refractivity (Wildman–Crippen MR) is 58.9 cm³/mol. The van der Waals surface area contributed by atoms with E-state index in [4.69, 9.17) is 0 Å². The Labute approximate surface area is 80.5 Å². The van der Waals surface area contributed by atoms with Gasteiger partial charge in [-0.05, 0) is 30.5 Å². The summed E-state index contributed by atoms with van der Waals surface area (Å²) in [5, 5.41) is 0. The van der Waals surface area contributed by atoms with Gasteiger partial charge in [-0.1, -0.05) is 32.4 Å². The lowest BCUT2D eigenvalue weighted by atomic mass is 10.1. The van der Waals surface area contributed by atoms with Crippen LogP contribution < -0.4 is 0 Å². The molecule has 0 aromatic heterocycles. The molecule has 1 nitrogen and oxygen atoms in total. The molecule has 1 aromatic carbocycles. The van der Waals surface area contributed by atoms with Crippen molar-refractivity contribution in [3.05, 3.63) is 29.8 Å². The zero-order valence-electron chi connectivity index (χ0n) is 8.46. The fourth-order valence-corrected chi connectivity index (χ4v) is 1.28. The zero-order valence-corrected chi connectivity index (χ0v) is 8.46. The minimum absolute atomic E-state index is 0.998. The average Bonchev–Trinajstić information content (AvgIpc) is 2.16. The first kappa shape index (κ1) is 9.97. The van der Waals surface area contributed by atoms with E-state index in [1.54, 1.807) is 0 Å². The molecule has 0 atom stereocenters. The minimum Gasteiger partial charge on any atom is -0.261 e. The van der Waals surface area contributed by atoms with E-state index in [-0.39, 0.29) is 0 Å². The van der Waals surface area contributed by atoms with Crippen LogP contribution in [0.5, 0.6) is 0 Å². The maximum atomic E-state index is 4.34. The molecule has 70 valence electrons. The molecule has 1 heteroatoms. The van der Waals surface area contributed by atoms with Gasteiger partial charge in [-0.3, -0.25) is 4.99 Å². The summed E-state index contributed by atoms with van der Waals surface area (Å²) in [6.07, 6.45) is 5.29. The maximum Gasteiger partial charge on any atom is 0.0628 e. The average molecular weight is 175 g/mol.